The quantitative estimate of drug-likeness (QED) is 0.575. The van der Waals surface area contributed by atoms with Crippen molar-refractivity contribution in [1.82, 2.24) is 15.3 Å². The van der Waals surface area contributed by atoms with Crippen LogP contribution >= 0.6 is 15.9 Å². The standard InChI is InChI=1S/C20H22BrN3O4/c1-11(12-5-6-16(26-2)14(21)7-12)22-10-19-23-15-9-18(28-4)17(27-3)8-13(15)20(25)24-19/h5-9,11,22H,10H2,1-4H3,(H,23,24,25). The van der Waals surface area contributed by atoms with Crippen molar-refractivity contribution in [3.05, 3.63) is 56.5 Å². The minimum atomic E-state index is -0.220. The Kier molecular flexibility index (Phi) is 6.21. The predicted molar refractivity (Wildman–Crippen MR) is 111 cm³/mol. The second-order valence-corrected chi connectivity index (χ2v) is 7.09. The summed E-state index contributed by atoms with van der Waals surface area (Å²) in [7, 11) is 4.71. The van der Waals surface area contributed by atoms with Gasteiger partial charge in [-0.25, -0.2) is 4.98 Å². The number of aromatic nitrogens is 2. The second kappa shape index (κ2) is 8.62. The molecule has 0 fully saturated rings. The van der Waals surface area contributed by atoms with E-state index in [1.54, 1.807) is 26.4 Å². The third kappa shape index (κ3) is 4.13. The summed E-state index contributed by atoms with van der Waals surface area (Å²) >= 11 is 3.50. The van der Waals surface area contributed by atoms with Gasteiger partial charge >= 0.3 is 0 Å². The summed E-state index contributed by atoms with van der Waals surface area (Å²) in [5.74, 6) is 2.35. The van der Waals surface area contributed by atoms with E-state index in [0.29, 0.717) is 34.8 Å². The highest BCUT2D eigenvalue weighted by molar-refractivity contribution is 9.10. The summed E-state index contributed by atoms with van der Waals surface area (Å²) in [6, 6.07) is 9.30. The summed E-state index contributed by atoms with van der Waals surface area (Å²) in [4.78, 5) is 19.8. The number of hydrogen-bond acceptors (Lipinski definition) is 6. The van der Waals surface area contributed by atoms with Crippen LogP contribution < -0.4 is 25.1 Å². The SMILES string of the molecule is COc1ccc(C(C)NCc2nc3cc(OC)c(OC)cc3c(=O)[nH]2)cc1Br. The number of rotatable bonds is 7. The molecule has 1 unspecified atom stereocenters. The van der Waals surface area contributed by atoms with Crippen molar-refractivity contribution in [1.29, 1.82) is 0 Å². The molecule has 8 heteroatoms. The van der Waals surface area contributed by atoms with Gasteiger partial charge in [-0.1, -0.05) is 6.07 Å². The zero-order valence-electron chi connectivity index (χ0n) is 16.1. The number of halogens is 1. The Morgan fingerprint density at radius 3 is 2.39 bits per heavy atom. The minimum absolute atomic E-state index is 0.0496. The fourth-order valence-corrected chi connectivity index (χ4v) is 3.48. The lowest BCUT2D eigenvalue weighted by molar-refractivity contribution is 0.355. The van der Waals surface area contributed by atoms with Crippen LogP contribution in [0.15, 0.2) is 39.6 Å². The first-order valence-electron chi connectivity index (χ1n) is 8.68. The van der Waals surface area contributed by atoms with E-state index < -0.39 is 0 Å². The molecule has 1 heterocycles. The van der Waals surface area contributed by atoms with Gasteiger partial charge in [0.25, 0.3) is 5.56 Å². The molecule has 148 valence electrons. The molecular weight excluding hydrogens is 426 g/mol. The summed E-state index contributed by atoms with van der Waals surface area (Å²) in [6.45, 7) is 2.45. The van der Waals surface area contributed by atoms with Gasteiger partial charge in [0.05, 0.1) is 43.2 Å². The van der Waals surface area contributed by atoms with Crippen LogP contribution in [0.25, 0.3) is 10.9 Å². The number of ether oxygens (including phenoxy) is 3. The molecule has 0 saturated carbocycles. The van der Waals surface area contributed by atoms with E-state index in [2.05, 4.69) is 31.2 Å². The topological polar surface area (TPSA) is 85.5 Å². The van der Waals surface area contributed by atoms with Gasteiger partial charge in [0.2, 0.25) is 0 Å². The molecule has 0 aliphatic carbocycles. The van der Waals surface area contributed by atoms with E-state index in [0.717, 1.165) is 15.8 Å². The number of fused-ring (bicyclic) bond motifs is 1. The van der Waals surface area contributed by atoms with Crippen molar-refractivity contribution >= 4 is 26.8 Å². The van der Waals surface area contributed by atoms with Gasteiger partial charge in [0.15, 0.2) is 11.5 Å². The Hall–Kier alpha value is -2.58. The van der Waals surface area contributed by atoms with E-state index in [4.69, 9.17) is 14.2 Å². The van der Waals surface area contributed by atoms with Crippen molar-refractivity contribution in [2.45, 2.75) is 19.5 Å². The van der Waals surface area contributed by atoms with Crippen molar-refractivity contribution in [2.75, 3.05) is 21.3 Å². The number of benzene rings is 2. The Morgan fingerprint density at radius 2 is 1.75 bits per heavy atom. The summed E-state index contributed by atoms with van der Waals surface area (Å²) < 4.78 is 16.7. The number of H-pyrrole nitrogens is 1. The summed E-state index contributed by atoms with van der Waals surface area (Å²) in [6.07, 6.45) is 0. The monoisotopic (exact) mass is 447 g/mol. The maximum atomic E-state index is 12.5. The van der Waals surface area contributed by atoms with Gasteiger partial charge in [0, 0.05) is 12.1 Å². The van der Waals surface area contributed by atoms with E-state index >= 15 is 0 Å². The molecule has 2 aromatic carbocycles. The molecule has 0 saturated heterocycles. The molecule has 0 bridgehead atoms. The van der Waals surface area contributed by atoms with Gasteiger partial charge in [-0.2, -0.15) is 0 Å². The van der Waals surface area contributed by atoms with Gasteiger partial charge in [-0.05, 0) is 46.6 Å². The van der Waals surface area contributed by atoms with Crippen LogP contribution in [0, 0.1) is 0 Å². The van der Waals surface area contributed by atoms with Gasteiger partial charge < -0.3 is 24.5 Å². The fraction of sp³-hybridized carbons (Fsp3) is 0.300. The lowest BCUT2D eigenvalue weighted by atomic mass is 10.1. The van der Waals surface area contributed by atoms with Crippen LogP contribution in [-0.2, 0) is 6.54 Å². The Labute approximate surface area is 171 Å². The number of nitrogens with one attached hydrogen (secondary N) is 2. The van der Waals surface area contributed by atoms with E-state index in [1.165, 1.54) is 7.11 Å². The van der Waals surface area contributed by atoms with Crippen molar-refractivity contribution < 1.29 is 14.2 Å². The van der Waals surface area contributed by atoms with Crippen LogP contribution in [0.5, 0.6) is 17.2 Å². The lowest BCUT2D eigenvalue weighted by Crippen LogP contribution is -2.22. The Morgan fingerprint density at radius 1 is 1.07 bits per heavy atom. The third-order valence-electron chi connectivity index (χ3n) is 4.51. The molecule has 0 radical (unpaired) electrons. The number of aromatic amines is 1. The van der Waals surface area contributed by atoms with Crippen LogP contribution in [0.4, 0.5) is 0 Å². The van der Waals surface area contributed by atoms with Gasteiger partial charge in [0.1, 0.15) is 11.6 Å². The highest BCUT2D eigenvalue weighted by atomic mass is 79.9. The third-order valence-corrected chi connectivity index (χ3v) is 5.13. The minimum Gasteiger partial charge on any atom is -0.496 e. The largest absolute Gasteiger partial charge is 0.496 e. The van der Waals surface area contributed by atoms with Crippen LogP contribution in [-0.4, -0.2) is 31.3 Å². The Balaban J connectivity index is 1.82. The normalized spacial score (nSPS) is 12.0. The van der Waals surface area contributed by atoms with Crippen molar-refractivity contribution in [2.24, 2.45) is 0 Å². The number of nitrogens with zero attached hydrogens (tertiary/aromatic N) is 1. The molecule has 0 spiro atoms. The molecule has 3 rings (SSSR count). The van der Waals surface area contributed by atoms with E-state index in [-0.39, 0.29) is 11.6 Å². The average Bonchev–Trinajstić information content (AvgIpc) is 2.70. The first-order valence-corrected chi connectivity index (χ1v) is 9.47. The number of hydrogen-bond donors (Lipinski definition) is 2. The summed E-state index contributed by atoms with van der Waals surface area (Å²) in [5, 5.41) is 3.83. The van der Waals surface area contributed by atoms with Crippen LogP contribution in [0.3, 0.4) is 0 Å². The maximum absolute atomic E-state index is 12.5. The molecule has 3 aromatic rings. The molecule has 7 nitrogen and oxygen atoms in total. The summed E-state index contributed by atoms with van der Waals surface area (Å²) in [5.41, 5.74) is 1.42. The van der Waals surface area contributed by atoms with Gasteiger partial charge in [-0.3, -0.25) is 4.79 Å². The predicted octanol–water partition coefficient (Wildman–Crippen LogP) is 3.56. The first-order chi connectivity index (χ1) is 13.5. The van der Waals surface area contributed by atoms with Crippen LogP contribution in [0.1, 0.15) is 24.4 Å². The van der Waals surface area contributed by atoms with Crippen LogP contribution in [0.2, 0.25) is 0 Å². The lowest BCUT2D eigenvalue weighted by Gasteiger charge is -2.15. The Bertz CT molecular complexity index is 1050. The van der Waals surface area contributed by atoms with E-state index in [1.807, 2.05) is 25.1 Å². The zero-order valence-corrected chi connectivity index (χ0v) is 17.7. The highest BCUT2D eigenvalue weighted by Gasteiger charge is 2.12. The molecular formula is C20H22BrN3O4. The molecule has 2 N–H and O–H groups in total. The molecule has 0 amide bonds. The zero-order chi connectivity index (χ0) is 20.3. The molecule has 1 atom stereocenters. The average molecular weight is 448 g/mol. The molecule has 1 aromatic heterocycles. The number of methoxy groups -OCH3 is 3. The van der Waals surface area contributed by atoms with Crippen molar-refractivity contribution in [3.8, 4) is 17.2 Å². The highest BCUT2D eigenvalue weighted by Crippen LogP contribution is 2.30. The maximum Gasteiger partial charge on any atom is 0.258 e. The fourth-order valence-electron chi connectivity index (χ4n) is 2.92. The second-order valence-electron chi connectivity index (χ2n) is 6.23. The smallest absolute Gasteiger partial charge is 0.258 e. The molecule has 0 aliphatic heterocycles. The molecule has 0 aliphatic rings. The molecule has 28 heavy (non-hydrogen) atoms. The van der Waals surface area contributed by atoms with Crippen molar-refractivity contribution in [3.63, 3.8) is 0 Å². The first kappa shape index (κ1) is 20.2. The van der Waals surface area contributed by atoms with E-state index in [9.17, 15) is 4.79 Å². The van der Waals surface area contributed by atoms with Gasteiger partial charge in [-0.15, -0.1) is 0 Å².